The van der Waals surface area contributed by atoms with Crippen molar-refractivity contribution in [2.75, 3.05) is 6.54 Å². The van der Waals surface area contributed by atoms with E-state index >= 15 is 0 Å². The lowest BCUT2D eigenvalue weighted by molar-refractivity contribution is 0.376. The Labute approximate surface area is 120 Å². The van der Waals surface area contributed by atoms with Crippen LogP contribution in [0.25, 0.3) is 11.3 Å². The Morgan fingerprint density at radius 3 is 2.56 bits per heavy atom. The molecule has 0 bridgehead atoms. The number of hydrogen-bond donors (Lipinski definition) is 1. The average molecular weight is 325 g/mol. The van der Waals surface area contributed by atoms with Crippen LogP contribution in [0.1, 0.15) is 18.9 Å². The predicted octanol–water partition coefficient (Wildman–Crippen LogP) is 4.10. The zero-order chi connectivity index (χ0) is 13.2. The lowest BCUT2D eigenvalue weighted by Crippen LogP contribution is -2.25. The van der Waals surface area contributed by atoms with E-state index in [-0.39, 0.29) is 5.41 Å². The van der Waals surface area contributed by atoms with Gasteiger partial charge in [-0.25, -0.2) is 4.98 Å². The second-order valence-electron chi connectivity index (χ2n) is 5.18. The first kappa shape index (κ1) is 13.7. The normalized spacial score (nSPS) is 11.8. The summed E-state index contributed by atoms with van der Waals surface area (Å²) in [5.41, 5.74) is 8.09. The number of thiazole rings is 1. The molecule has 0 saturated heterocycles. The van der Waals surface area contributed by atoms with E-state index in [0.29, 0.717) is 6.54 Å². The van der Waals surface area contributed by atoms with E-state index < -0.39 is 0 Å². The summed E-state index contributed by atoms with van der Waals surface area (Å²) >= 11 is 5.15. The summed E-state index contributed by atoms with van der Waals surface area (Å²) in [5, 5.41) is 3.27. The van der Waals surface area contributed by atoms with Crippen LogP contribution in [-0.4, -0.2) is 11.5 Å². The zero-order valence-corrected chi connectivity index (χ0v) is 13.0. The Kier molecular flexibility index (Phi) is 4.20. The van der Waals surface area contributed by atoms with E-state index in [1.807, 2.05) is 12.1 Å². The molecule has 2 rings (SSSR count). The molecule has 0 saturated carbocycles. The highest BCUT2D eigenvalue weighted by atomic mass is 79.9. The van der Waals surface area contributed by atoms with Crippen LogP contribution in [0, 0.1) is 5.41 Å². The van der Waals surface area contributed by atoms with E-state index in [2.05, 4.69) is 47.3 Å². The molecule has 2 N–H and O–H groups in total. The summed E-state index contributed by atoms with van der Waals surface area (Å²) in [6.07, 6.45) is 0.935. The molecular weight excluding hydrogens is 308 g/mol. The van der Waals surface area contributed by atoms with Gasteiger partial charge >= 0.3 is 0 Å². The zero-order valence-electron chi connectivity index (χ0n) is 10.6. The van der Waals surface area contributed by atoms with E-state index in [1.54, 1.807) is 11.3 Å². The minimum absolute atomic E-state index is 0.120. The van der Waals surface area contributed by atoms with Crippen molar-refractivity contribution in [3.05, 3.63) is 39.1 Å². The van der Waals surface area contributed by atoms with Crippen molar-refractivity contribution in [1.29, 1.82) is 0 Å². The lowest BCUT2D eigenvalue weighted by atomic mass is 9.90. The fourth-order valence-corrected chi connectivity index (χ4v) is 2.95. The molecule has 0 radical (unpaired) electrons. The summed E-state index contributed by atoms with van der Waals surface area (Å²) in [4.78, 5) is 4.69. The van der Waals surface area contributed by atoms with Crippen LogP contribution in [-0.2, 0) is 6.42 Å². The standard InChI is InChI=1S/C14H17BrN2S/c1-14(2,9-16)7-13-17-12(8-18-13)10-3-5-11(15)6-4-10/h3-6,8H,7,9,16H2,1-2H3. The SMILES string of the molecule is CC(C)(CN)Cc1nc(-c2ccc(Br)cc2)cs1. The van der Waals surface area contributed by atoms with Gasteiger partial charge in [-0.15, -0.1) is 11.3 Å². The number of halogens is 1. The van der Waals surface area contributed by atoms with E-state index in [1.165, 1.54) is 0 Å². The van der Waals surface area contributed by atoms with Crippen molar-refractivity contribution < 1.29 is 0 Å². The van der Waals surface area contributed by atoms with Gasteiger partial charge in [-0.2, -0.15) is 0 Å². The Bertz CT molecular complexity index is 517. The number of benzene rings is 1. The molecule has 0 spiro atoms. The topological polar surface area (TPSA) is 38.9 Å². The summed E-state index contributed by atoms with van der Waals surface area (Å²) in [6, 6.07) is 8.24. The highest BCUT2D eigenvalue weighted by Gasteiger charge is 2.18. The van der Waals surface area contributed by atoms with Crippen molar-refractivity contribution in [3.63, 3.8) is 0 Å². The molecule has 96 valence electrons. The first-order chi connectivity index (χ1) is 8.50. The maximum atomic E-state index is 5.76. The van der Waals surface area contributed by atoms with E-state index in [0.717, 1.165) is 27.2 Å². The molecular formula is C14H17BrN2S. The van der Waals surface area contributed by atoms with E-state index in [4.69, 9.17) is 10.7 Å². The second-order valence-corrected chi connectivity index (χ2v) is 7.04. The number of nitrogens with two attached hydrogens (primary N) is 1. The molecule has 0 aliphatic heterocycles. The Morgan fingerprint density at radius 2 is 1.94 bits per heavy atom. The van der Waals surface area contributed by atoms with Crippen molar-refractivity contribution in [1.82, 2.24) is 4.98 Å². The van der Waals surface area contributed by atoms with Gasteiger partial charge in [0.1, 0.15) is 0 Å². The molecule has 0 aliphatic carbocycles. The second kappa shape index (κ2) is 5.51. The quantitative estimate of drug-likeness (QED) is 0.919. The maximum Gasteiger partial charge on any atom is 0.0938 e. The fraction of sp³-hybridized carbons (Fsp3) is 0.357. The molecule has 1 aromatic heterocycles. The molecule has 0 fully saturated rings. The van der Waals surface area contributed by atoms with Crippen LogP contribution in [0.15, 0.2) is 34.1 Å². The summed E-state index contributed by atoms with van der Waals surface area (Å²) in [7, 11) is 0. The molecule has 2 nitrogen and oxygen atoms in total. The van der Waals surface area contributed by atoms with Crippen molar-refractivity contribution in [2.45, 2.75) is 20.3 Å². The molecule has 0 atom stereocenters. The van der Waals surface area contributed by atoms with Gasteiger partial charge in [0.2, 0.25) is 0 Å². The molecule has 1 heterocycles. The number of hydrogen-bond acceptors (Lipinski definition) is 3. The van der Waals surface area contributed by atoms with Gasteiger partial charge in [-0.3, -0.25) is 0 Å². The largest absolute Gasteiger partial charge is 0.330 e. The Balaban J connectivity index is 2.18. The number of aromatic nitrogens is 1. The molecule has 2 aromatic rings. The van der Waals surface area contributed by atoms with Gasteiger partial charge in [0.15, 0.2) is 0 Å². The molecule has 18 heavy (non-hydrogen) atoms. The fourth-order valence-electron chi connectivity index (χ4n) is 1.63. The third-order valence-electron chi connectivity index (χ3n) is 2.87. The number of nitrogens with zero attached hydrogens (tertiary/aromatic N) is 1. The molecule has 0 aliphatic rings. The molecule has 0 unspecified atom stereocenters. The minimum atomic E-state index is 0.120. The first-order valence-corrected chi connectivity index (χ1v) is 7.58. The van der Waals surface area contributed by atoms with Crippen LogP contribution >= 0.6 is 27.3 Å². The van der Waals surface area contributed by atoms with Crippen molar-refractivity contribution in [2.24, 2.45) is 11.1 Å². The van der Waals surface area contributed by atoms with Crippen LogP contribution < -0.4 is 5.73 Å². The monoisotopic (exact) mass is 324 g/mol. The molecule has 1 aromatic carbocycles. The van der Waals surface area contributed by atoms with Gasteiger partial charge in [-0.05, 0) is 24.1 Å². The van der Waals surface area contributed by atoms with Crippen LogP contribution in [0.4, 0.5) is 0 Å². The number of rotatable bonds is 4. The highest BCUT2D eigenvalue weighted by molar-refractivity contribution is 9.10. The van der Waals surface area contributed by atoms with Gasteiger partial charge in [0.05, 0.1) is 10.7 Å². The third-order valence-corrected chi connectivity index (χ3v) is 4.25. The predicted molar refractivity (Wildman–Crippen MR) is 81.8 cm³/mol. The summed E-state index contributed by atoms with van der Waals surface area (Å²) in [6.45, 7) is 5.03. The smallest absolute Gasteiger partial charge is 0.0938 e. The summed E-state index contributed by atoms with van der Waals surface area (Å²) < 4.78 is 1.09. The molecule has 0 amide bonds. The van der Waals surface area contributed by atoms with Gasteiger partial charge < -0.3 is 5.73 Å². The highest BCUT2D eigenvalue weighted by Crippen LogP contribution is 2.27. The third kappa shape index (κ3) is 3.40. The van der Waals surface area contributed by atoms with Gasteiger partial charge in [-0.1, -0.05) is 41.9 Å². The van der Waals surface area contributed by atoms with Gasteiger partial charge in [0.25, 0.3) is 0 Å². The Hall–Kier alpha value is -0.710. The Morgan fingerprint density at radius 1 is 1.28 bits per heavy atom. The first-order valence-electron chi connectivity index (χ1n) is 5.90. The summed E-state index contributed by atoms with van der Waals surface area (Å²) in [5.74, 6) is 0. The van der Waals surface area contributed by atoms with E-state index in [9.17, 15) is 0 Å². The van der Waals surface area contributed by atoms with Crippen LogP contribution in [0.5, 0.6) is 0 Å². The van der Waals surface area contributed by atoms with Gasteiger partial charge in [0, 0.05) is 21.8 Å². The molecule has 4 heteroatoms. The van der Waals surface area contributed by atoms with Crippen molar-refractivity contribution in [3.8, 4) is 11.3 Å². The van der Waals surface area contributed by atoms with Crippen LogP contribution in [0.3, 0.4) is 0 Å². The average Bonchev–Trinajstić information content (AvgIpc) is 2.78. The van der Waals surface area contributed by atoms with Crippen molar-refractivity contribution >= 4 is 27.3 Å². The maximum absolute atomic E-state index is 5.76. The minimum Gasteiger partial charge on any atom is -0.330 e. The van der Waals surface area contributed by atoms with Crippen LogP contribution in [0.2, 0.25) is 0 Å². The lowest BCUT2D eigenvalue weighted by Gasteiger charge is -2.20.